The van der Waals surface area contributed by atoms with E-state index in [1.807, 2.05) is 0 Å². The number of hydrogen-bond donors (Lipinski definition) is 0. The Labute approximate surface area is 134 Å². The van der Waals surface area contributed by atoms with Crippen molar-refractivity contribution < 1.29 is 17.5 Å². The number of halogens is 1. The largest absolute Gasteiger partial charge is 0.466 e. The number of ether oxygens (including phenoxy) is 1. The SMILES string of the molecule is CC1(C)N=C(c2ccc(F)cc2)c2ccc(S(C)(=O)=O)cc2O1. The lowest BCUT2D eigenvalue weighted by Crippen LogP contribution is -2.32. The maximum Gasteiger partial charge on any atom is 0.195 e. The van der Waals surface area contributed by atoms with Crippen molar-refractivity contribution in [1.29, 1.82) is 0 Å². The second-order valence-electron chi connectivity index (χ2n) is 5.95. The van der Waals surface area contributed by atoms with Crippen LogP contribution in [0.2, 0.25) is 0 Å². The number of fused-ring (bicyclic) bond motifs is 1. The Morgan fingerprint density at radius 2 is 1.74 bits per heavy atom. The monoisotopic (exact) mass is 333 g/mol. The quantitative estimate of drug-likeness (QED) is 0.848. The third kappa shape index (κ3) is 3.12. The Kier molecular flexibility index (Phi) is 3.52. The number of hydrogen-bond acceptors (Lipinski definition) is 4. The number of rotatable bonds is 2. The minimum Gasteiger partial charge on any atom is -0.466 e. The van der Waals surface area contributed by atoms with Gasteiger partial charge in [0.1, 0.15) is 11.6 Å². The van der Waals surface area contributed by atoms with E-state index >= 15 is 0 Å². The van der Waals surface area contributed by atoms with Gasteiger partial charge in [0.05, 0.1) is 10.6 Å². The molecule has 120 valence electrons. The van der Waals surface area contributed by atoms with E-state index in [1.165, 1.54) is 24.3 Å². The van der Waals surface area contributed by atoms with Crippen LogP contribution in [-0.2, 0) is 9.84 Å². The molecule has 0 aromatic heterocycles. The van der Waals surface area contributed by atoms with Crippen LogP contribution >= 0.6 is 0 Å². The third-order valence-corrected chi connectivity index (χ3v) is 4.61. The fraction of sp³-hybridized carbons (Fsp3) is 0.235. The van der Waals surface area contributed by atoms with E-state index in [9.17, 15) is 12.8 Å². The van der Waals surface area contributed by atoms with Crippen molar-refractivity contribution in [3.05, 3.63) is 59.4 Å². The molecule has 1 aliphatic heterocycles. The van der Waals surface area contributed by atoms with Crippen molar-refractivity contribution in [3.8, 4) is 5.75 Å². The van der Waals surface area contributed by atoms with Gasteiger partial charge in [-0.2, -0.15) is 0 Å². The fourth-order valence-corrected chi connectivity index (χ4v) is 3.10. The van der Waals surface area contributed by atoms with Crippen LogP contribution in [0.1, 0.15) is 25.0 Å². The van der Waals surface area contributed by atoms with Crippen molar-refractivity contribution in [3.63, 3.8) is 0 Å². The summed E-state index contributed by atoms with van der Waals surface area (Å²) in [6.07, 6.45) is 1.15. The molecule has 0 N–H and O–H groups in total. The highest BCUT2D eigenvalue weighted by molar-refractivity contribution is 7.90. The van der Waals surface area contributed by atoms with Gasteiger partial charge in [-0.05, 0) is 56.3 Å². The number of sulfone groups is 1. The molecular weight excluding hydrogens is 317 g/mol. The predicted octanol–water partition coefficient (Wildman–Crippen LogP) is 3.20. The van der Waals surface area contributed by atoms with Gasteiger partial charge in [-0.25, -0.2) is 17.8 Å². The first-order chi connectivity index (χ1) is 10.7. The molecule has 1 aliphatic rings. The highest BCUT2D eigenvalue weighted by atomic mass is 32.2. The Morgan fingerprint density at radius 1 is 1.09 bits per heavy atom. The van der Waals surface area contributed by atoms with Gasteiger partial charge in [0, 0.05) is 17.4 Å². The van der Waals surface area contributed by atoms with Gasteiger partial charge in [-0.1, -0.05) is 0 Å². The lowest BCUT2D eigenvalue weighted by Gasteiger charge is -2.30. The summed E-state index contributed by atoms with van der Waals surface area (Å²) in [6, 6.07) is 10.7. The van der Waals surface area contributed by atoms with Gasteiger partial charge in [0.15, 0.2) is 15.6 Å². The molecule has 0 bridgehead atoms. The average molecular weight is 333 g/mol. The first-order valence-corrected chi connectivity index (χ1v) is 8.94. The van der Waals surface area contributed by atoms with Gasteiger partial charge in [0.25, 0.3) is 0 Å². The molecule has 4 nitrogen and oxygen atoms in total. The van der Waals surface area contributed by atoms with Crippen LogP contribution in [0.5, 0.6) is 5.75 Å². The molecular formula is C17H16FNO3S. The number of benzene rings is 2. The topological polar surface area (TPSA) is 55.7 Å². The van der Waals surface area contributed by atoms with Crippen molar-refractivity contribution >= 4 is 15.5 Å². The average Bonchev–Trinajstić information content (AvgIpc) is 2.44. The van der Waals surface area contributed by atoms with E-state index in [0.29, 0.717) is 17.0 Å². The first kappa shape index (κ1) is 15.7. The lowest BCUT2D eigenvalue weighted by atomic mass is 9.99. The van der Waals surface area contributed by atoms with E-state index in [1.54, 1.807) is 32.0 Å². The van der Waals surface area contributed by atoms with Gasteiger partial charge in [-0.15, -0.1) is 0 Å². The van der Waals surface area contributed by atoms with E-state index in [4.69, 9.17) is 4.74 Å². The summed E-state index contributed by atoms with van der Waals surface area (Å²) in [4.78, 5) is 4.76. The maximum absolute atomic E-state index is 13.2. The third-order valence-electron chi connectivity index (χ3n) is 3.49. The number of aliphatic imine (C=N–C) groups is 1. The molecule has 0 unspecified atom stereocenters. The van der Waals surface area contributed by atoms with E-state index in [-0.39, 0.29) is 10.7 Å². The zero-order valence-corrected chi connectivity index (χ0v) is 13.8. The maximum atomic E-state index is 13.2. The molecule has 0 fully saturated rings. The molecule has 0 amide bonds. The molecule has 2 aromatic carbocycles. The Bertz CT molecular complexity index is 900. The minimum absolute atomic E-state index is 0.187. The standard InChI is InChI=1S/C17H16FNO3S/c1-17(2)19-16(11-4-6-12(18)7-5-11)14-9-8-13(23(3,20)21)10-15(14)22-17/h4-10H,1-3H3. The Balaban J connectivity index is 2.18. The van der Waals surface area contributed by atoms with Gasteiger partial charge in [0.2, 0.25) is 0 Å². The molecule has 0 saturated heterocycles. The summed E-state index contributed by atoms with van der Waals surface area (Å²) in [5.41, 5.74) is 1.24. The van der Waals surface area contributed by atoms with Crippen LogP contribution in [0.4, 0.5) is 4.39 Å². The fourth-order valence-electron chi connectivity index (χ4n) is 2.46. The van der Waals surface area contributed by atoms with Crippen LogP contribution in [0.15, 0.2) is 52.4 Å². The van der Waals surface area contributed by atoms with Crippen LogP contribution in [0.25, 0.3) is 0 Å². The van der Waals surface area contributed by atoms with E-state index < -0.39 is 15.6 Å². The van der Waals surface area contributed by atoms with Crippen molar-refractivity contribution in [2.45, 2.75) is 24.5 Å². The van der Waals surface area contributed by atoms with Crippen molar-refractivity contribution in [1.82, 2.24) is 0 Å². The first-order valence-electron chi connectivity index (χ1n) is 7.05. The molecule has 0 spiro atoms. The van der Waals surface area contributed by atoms with Crippen LogP contribution in [0.3, 0.4) is 0 Å². The van der Waals surface area contributed by atoms with Crippen molar-refractivity contribution in [2.24, 2.45) is 4.99 Å². The summed E-state index contributed by atoms with van der Waals surface area (Å²) in [7, 11) is -3.33. The zero-order chi connectivity index (χ0) is 16.8. The minimum atomic E-state index is -3.33. The summed E-state index contributed by atoms with van der Waals surface area (Å²) < 4.78 is 42.4. The molecule has 0 aliphatic carbocycles. The number of nitrogens with zero attached hydrogens (tertiary/aromatic N) is 1. The molecule has 0 saturated carbocycles. The van der Waals surface area contributed by atoms with E-state index in [0.717, 1.165) is 11.8 Å². The molecule has 0 atom stereocenters. The molecule has 6 heteroatoms. The molecule has 23 heavy (non-hydrogen) atoms. The van der Waals surface area contributed by atoms with Crippen molar-refractivity contribution in [2.75, 3.05) is 6.26 Å². The summed E-state index contributed by atoms with van der Waals surface area (Å²) in [5.74, 6) is 0.126. The molecule has 0 radical (unpaired) electrons. The van der Waals surface area contributed by atoms with Gasteiger partial charge >= 0.3 is 0 Å². The predicted molar refractivity (Wildman–Crippen MR) is 86.3 cm³/mol. The normalized spacial score (nSPS) is 16.3. The van der Waals surface area contributed by atoms with Gasteiger partial charge in [-0.3, -0.25) is 0 Å². The summed E-state index contributed by atoms with van der Waals surface area (Å²) >= 11 is 0. The van der Waals surface area contributed by atoms with Crippen LogP contribution < -0.4 is 4.74 Å². The second kappa shape index (κ2) is 5.16. The van der Waals surface area contributed by atoms with Crippen LogP contribution in [0, 0.1) is 5.82 Å². The molecule has 1 heterocycles. The highest BCUT2D eigenvalue weighted by Gasteiger charge is 2.29. The molecule has 3 rings (SSSR count). The lowest BCUT2D eigenvalue weighted by molar-refractivity contribution is 0.115. The van der Waals surface area contributed by atoms with Gasteiger partial charge < -0.3 is 4.74 Å². The summed E-state index contributed by atoms with van der Waals surface area (Å²) in [6.45, 7) is 3.57. The van der Waals surface area contributed by atoms with E-state index in [2.05, 4.69) is 4.99 Å². The summed E-state index contributed by atoms with van der Waals surface area (Å²) in [5, 5.41) is 0. The Morgan fingerprint density at radius 3 is 2.35 bits per heavy atom. The van der Waals surface area contributed by atoms with Crippen LogP contribution in [-0.4, -0.2) is 26.1 Å². The molecule has 2 aromatic rings. The zero-order valence-electron chi connectivity index (χ0n) is 13.0. The highest BCUT2D eigenvalue weighted by Crippen LogP contribution is 2.34. The second-order valence-corrected chi connectivity index (χ2v) is 7.96. The Hall–Kier alpha value is -2.21. The smallest absolute Gasteiger partial charge is 0.195 e.